The number of likely N-dealkylation sites (tertiary alicyclic amines) is 1. The second-order valence-electron chi connectivity index (χ2n) is 5.40. The molecule has 1 aromatic rings. The van der Waals surface area contributed by atoms with Crippen LogP contribution in [0.1, 0.15) is 36.2 Å². The van der Waals surface area contributed by atoms with Crippen LogP contribution in [0.4, 0.5) is 5.69 Å². The van der Waals surface area contributed by atoms with E-state index in [0.29, 0.717) is 11.8 Å². The molecule has 19 heavy (non-hydrogen) atoms. The van der Waals surface area contributed by atoms with E-state index < -0.39 is 4.92 Å². The highest BCUT2D eigenvalue weighted by Crippen LogP contribution is 2.36. The maximum atomic E-state index is 12.3. The van der Waals surface area contributed by atoms with Crippen molar-refractivity contribution in [2.45, 2.75) is 25.7 Å². The Bertz CT molecular complexity index is 499. The zero-order valence-electron chi connectivity index (χ0n) is 10.5. The van der Waals surface area contributed by atoms with Crippen molar-refractivity contribution in [3.05, 3.63) is 22.0 Å². The fourth-order valence-corrected chi connectivity index (χ4v) is 3.31. The van der Waals surface area contributed by atoms with Gasteiger partial charge in [0.2, 0.25) is 5.69 Å². The Hall–Kier alpha value is -1.92. The average molecular weight is 264 g/mol. The first-order valence-corrected chi connectivity index (χ1v) is 6.64. The molecular weight excluding hydrogens is 248 g/mol. The summed E-state index contributed by atoms with van der Waals surface area (Å²) >= 11 is 0. The number of aromatic amines is 1. The van der Waals surface area contributed by atoms with Crippen LogP contribution in [-0.4, -0.2) is 39.0 Å². The second-order valence-corrected chi connectivity index (χ2v) is 5.40. The first kappa shape index (κ1) is 12.1. The van der Waals surface area contributed by atoms with Gasteiger partial charge in [0, 0.05) is 13.1 Å². The van der Waals surface area contributed by atoms with E-state index >= 15 is 0 Å². The SMILES string of the molecule is O=C(c1[nH]ncc1[N+](=O)[O-])N1C[C@H]2CCCC[C@H]2C1. The van der Waals surface area contributed by atoms with E-state index in [1.165, 1.54) is 25.7 Å². The number of rotatable bonds is 2. The van der Waals surface area contributed by atoms with Gasteiger partial charge in [-0.2, -0.15) is 5.10 Å². The van der Waals surface area contributed by atoms with Crippen LogP contribution in [0.5, 0.6) is 0 Å². The summed E-state index contributed by atoms with van der Waals surface area (Å²) in [5.41, 5.74) is -0.233. The number of carbonyl (C=O) groups is 1. The number of H-pyrrole nitrogens is 1. The summed E-state index contributed by atoms with van der Waals surface area (Å²) in [5.74, 6) is 0.845. The molecule has 2 aliphatic rings. The van der Waals surface area contributed by atoms with E-state index in [9.17, 15) is 14.9 Å². The molecule has 7 nitrogen and oxygen atoms in total. The van der Waals surface area contributed by atoms with Gasteiger partial charge in [-0.05, 0) is 24.7 Å². The Balaban J connectivity index is 1.77. The van der Waals surface area contributed by atoms with E-state index in [0.717, 1.165) is 19.3 Å². The molecule has 0 radical (unpaired) electrons. The third-order valence-electron chi connectivity index (χ3n) is 4.29. The summed E-state index contributed by atoms with van der Waals surface area (Å²) in [7, 11) is 0. The number of carbonyl (C=O) groups excluding carboxylic acids is 1. The highest BCUT2D eigenvalue weighted by atomic mass is 16.6. The van der Waals surface area contributed by atoms with E-state index in [4.69, 9.17) is 0 Å². The molecule has 0 spiro atoms. The molecule has 1 amide bonds. The third-order valence-corrected chi connectivity index (χ3v) is 4.29. The van der Waals surface area contributed by atoms with Gasteiger partial charge < -0.3 is 4.90 Å². The molecule has 7 heteroatoms. The molecule has 1 aliphatic heterocycles. The number of nitro groups is 1. The van der Waals surface area contributed by atoms with Crippen molar-refractivity contribution in [2.24, 2.45) is 11.8 Å². The zero-order valence-corrected chi connectivity index (χ0v) is 10.5. The molecule has 102 valence electrons. The topological polar surface area (TPSA) is 92.1 Å². The smallest absolute Gasteiger partial charge is 0.319 e. The molecule has 1 saturated heterocycles. The number of nitrogens with one attached hydrogen (secondary N) is 1. The molecule has 1 aliphatic carbocycles. The van der Waals surface area contributed by atoms with E-state index in [1.54, 1.807) is 4.90 Å². The number of fused-ring (bicyclic) bond motifs is 1. The number of amides is 1. The molecule has 0 bridgehead atoms. The van der Waals surface area contributed by atoms with Crippen LogP contribution in [0.25, 0.3) is 0 Å². The lowest BCUT2D eigenvalue weighted by molar-refractivity contribution is -0.385. The molecule has 1 aromatic heterocycles. The Morgan fingerprint density at radius 2 is 2.00 bits per heavy atom. The third kappa shape index (κ3) is 2.09. The Morgan fingerprint density at radius 1 is 1.37 bits per heavy atom. The highest BCUT2D eigenvalue weighted by Gasteiger charge is 2.38. The molecule has 0 aromatic carbocycles. The molecule has 1 N–H and O–H groups in total. The fraction of sp³-hybridized carbons (Fsp3) is 0.667. The summed E-state index contributed by atoms with van der Waals surface area (Å²) in [6.45, 7) is 1.44. The predicted octanol–water partition coefficient (Wildman–Crippen LogP) is 1.58. The molecule has 0 unspecified atom stereocenters. The lowest BCUT2D eigenvalue weighted by Crippen LogP contribution is -2.29. The van der Waals surface area contributed by atoms with Crippen LogP contribution < -0.4 is 0 Å². The summed E-state index contributed by atoms with van der Waals surface area (Å²) in [5, 5.41) is 16.9. The van der Waals surface area contributed by atoms with Crippen molar-refractivity contribution in [1.82, 2.24) is 15.1 Å². The standard InChI is InChI=1S/C12H16N4O3/c17-12(11-10(16(18)19)5-13-14-11)15-6-8-3-1-2-4-9(8)7-15/h5,8-9H,1-4,6-7H2,(H,13,14)/t8-,9+. The van der Waals surface area contributed by atoms with Crippen LogP contribution in [-0.2, 0) is 0 Å². The summed E-state index contributed by atoms with van der Waals surface area (Å²) in [6.07, 6.45) is 5.89. The summed E-state index contributed by atoms with van der Waals surface area (Å²) in [4.78, 5) is 24.3. The molecule has 2 atom stereocenters. The van der Waals surface area contributed by atoms with Crippen molar-refractivity contribution >= 4 is 11.6 Å². The fourth-order valence-electron chi connectivity index (χ4n) is 3.31. The second kappa shape index (κ2) is 4.64. The van der Waals surface area contributed by atoms with E-state index in [-0.39, 0.29) is 17.3 Å². The maximum Gasteiger partial charge on any atom is 0.319 e. The lowest BCUT2D eigenvalue weighted by Gasteiger charge is -2.22. The average Bonchev–Trinajstić information content (AvgIpc) is 3.04. The van der Waals surface area contributed by atoms with Crippen LogP contribution >= 0.6 is 0 Å². The predicted molar refractivity (Wildman–Crippen MR) is 66.6 cm³/mol. The van der Waals surface area contributed by atoms with E-state index in [2.05, 4.69) is 10.2 Å². The van der Waals surface area contributed by atoms with Crippen LogP contribution in [0.15, 0.2) is 6.20 Å². The number of nitrogens with zero attached hydrogens (tertiary/aromatic N) is 3. The maximum absolute atomic E-state index is 12.3. The quantitative estimate of drug-likeness (QED) is 0.648. The lowest BCUT2D eigenvalue weighted by atomic mass is 9.82. The van der Waals surface area contributed by atoms with Gasteiger partial charge in [-0.3, -0.25) is 20.0 Å². The molecular formula is C12H16N4O3. The number of aromatic nitrogens is 2. The van der Waals surface area contributed by atoms with Gasteiger partial charge in [-0.25, -0.2) is 0 Å². The minimum atomic E-state index is -0.570. The molecule has 2 heterocycles. The number of hydrogen-bond acceptors (Lipinski definition) is 4. The normalized spacial score (nSPS) is 26.2. The largest absolute Gasteiger partial charge is 0.337 e. The minimum Gasteiger partial charge on any atom is -0.337 e. The summed E-state index contributed by atoms with van der Waals surface area (Å²) in [6, 6.07) is 0. The Labute approximate surface area is 110 Å². The van der Waals surface area contributed by atoms with Crippen molar-refractivity contribution in [1.29, 1.82) is 0 Å². The van der Waals surface area contributed by atoms with Gasteiger partial charge in [-0.15, -0.1) is 0 Å². The van der Waals surface area contributed by atoms with Crippen LogP contribution in [0, 0.1) is 22.0 Å². The van der Waals surface area contributed by atoms with Gasteiger partial charge in [0.05, 0.1) is 4.92 Å². The Kier molecular flexibility index (Phi) is 2.96. The van der Waals surface area contributed by atoms with Gasteiger partial charge >= 0.3 is 5.69 Å². The Morgan fingerprint density at radius 3 is 2.58 bits per heavy atom. The van der Waals surface area contributed by atoms with Gasteiger partial charge in [0.15, 0.2) is 0 Å². The van der Waals surface area contributed by atoms with Crippen LogP contribution in [0.2, 0.25) is 0 Å². The highest BCUT2D eigenvalue weighted by molar-refractivity contribution is 5.96. The van der Waals surface area contributed by atoms with Gasteiger partial charge in [0.25, 0.3) is 5.91 Å². The zero-order chi connectivity index (χ0) is 13.4. The number of hydrogen-bond donors (Lipinski definition) is 1. The van der Waals surface area contributed by atoms with Crippen molar-refractivity contribution in [3.8, 4) is 0 Å². The first-order chi connectivity index (χ1) is 9.16. The molecule has 2 fully saturated rings. The first-order valence-electron chi connectivity index (χ1n) is 6.64. The molecule has 1 saturated carbocycles. The van der Waals surface area contributed by atoms with E-state index in [1.807, 2.05) is 0 Å². The van der Waals surface area contributed by atoms with Crippen LogP contribution in [0.3, 0.4) is 0 Å². The monoisotopic (exact) mass is 264 g/mol. The van der Waals surface area contributed by atoms with Crippen molar-refractivity contribution in [2.75, 3.05) is 13.1 Å². The minimum absolute atomic E-state index is 0.00338. The van der Waals surface area contributed by atoms with Gasteiger partial charge in [0.1, 0.15) is 6.20 Å². The van der Waals surface area contributed by atoms with Crippen molar-refractivity contribution < 1.29 is 9.72 Å². The van der Waals surface area contributed by atoms with Crippen molar-refractivity contribution in [3.63, 3.8) is 0 Å². The molecule has 3 rings (SSSR count). The van der Waals surface area contributed by atoms with Gasteiger partial charge in [-0.1, -0.05) is 12.8 Å². The summed E-state index contributed by atoms with van der Waals surface area (Å²) < 4.78 is 0.